The smallest absolute Gasteiger partial charge is 0.262 e. The zero-order valence-electron chi connectivity index (χ0n) is 21.0. The highest BCUT2D eigenvalue weighted by atomic mass is 19.2. The molecule has 0 amide bonds. The number of nitrogens with zero attached hydrogens (tertiary/aromatic N) is 3. The van der Waals surface area contributed by atoms with Crippen LogP contribution in [-0.4, -0.2) is 22.6 Å². The van der Waals surface area contributed by atoms with E-state index in [1.165, 1.54) is 5.56 Å². The molecule has 1 aliphatic heterocycles. The fourth-order valence-corrected chi connectivity index (χ4v) is 6.43. The van der Waals surface area contributed by atoms with Crippen LogP contribution < -0.4 is 16.2 Å². The number of halogens is 3. The molecule has 2 N–H and O–H groups in total. The first-order valence-corrected chi connectivity index (χ1v) is 12.8. The Morgan fingerprint density at radius 3 is 2.62 bits per heavy atom. The van der Waals surface area contributed by atoms with E-state index in [1.54, 1.807) is 11.6 Å². The summed E-state index contributed by atoms with van der Waals surface area (Å²) in [6, 6.07) is 8.63. The van der Waals surface area contributed by atoms with Crippen molar-refractivity contribution < 1.29 is 13.2 Å². The summed E-state index contributed by atoms with van der Waals surface area (Å²) in [5.41, 5.74) is 11.0. The number of allylic oxidation sites excluding steroid dienone is 1. The molecule has 2 aliphatic carbocycles. The van der Waals surface area contributed by atoms with Crippen molar-refractivity contribution in [1.29, 1.82) is 0 Å². The highest BCUT2D eigenvalue weighted by Crippen LogP contribution is 2.52. The molecule has 1 fully saturated rings. The molecule has 3 aliphatic rings. The molecule has 0 bridgehead atoms. The van der Waals surface area contributed by atoms with Gasteiger partial charge in [-0.2, -0.15) is 0 Å². The molecule has 37 heavy (non-hydrogen) atoms. The van der Waals surface area contributed by atoms with Crippen molar-refractivity contribution in [2.75, 3.05) is 18.0 Å². The molecule has 0 saturated carbocycles. The lowest BCUT2D eigenvalue weighted by Crippen LogP contribution is -2.46. The molecule has 1 atom stereocenters. The van der Waals surface area contributed by atoms with Crippen LogP contribution in [-0.2, 0) is 26.3 Å². The maximum atomic E-state index is 14.6. The van der Waals surface area contributed by atoms with E-state index >= 15 is 0 Å². The minimum absolute atomic E-state index is 0.0797. The number of piperidine rings is 1. The van der Waals surface area contributed by atoms with Crippen molar-refractivity contribution in [2.24, 2.45) is 18.2 Å². The van der Waals surface area contributed by atoms with E-state index in [9.17, 15) is 18.0 Å². The van der Waals surface area contributed by atoms with Crippen LogP contribution in [0.25, 0.3) is 5.57 Å². The van der Waals surface area contributed by atoms with Gasteiger partial charge in [-0.1, -0.05) is 37.3 Å². The molecule has 1 aromatic heterocycles. The van der Waals surface area contributed by atoms with Gasteiger partial charge in [-0.3, -0.25) is 9.36 Å². The second-order valence-corrected chi connectivity index (χ2v) is 10.5. The number of hydrogen-bond donors (Lipinski definition) is 1. The fraction of sp³-hybridized carbons (Fsp3) is 0.379. The molecule has 5 nitrogen and oxygen atoms in total. The lowest BCUT2D eigenvalue weighted by atomic mass is 9.73. The average Bonchev–Trinajstić information content (AvgIpc) is 3.44. The van der Waals surface area contributed by atoms with Gasteiger partial charge in [0.25, 0.3) is 5.56 Å². The van der Waals surface area contributed by atoms with Crippen molar-refractivity contribution in [3.8, 4) is 0 Å². The van der Waals surface area contributed by atoms with Gasteiger partial charge in [-0.05, 0) is 59.4 Å². The third kappa shape index (κ3) is 3.56. The standard InChI is InChI=1S/C29H29F3N4O/c1-3-16-5-4-6-17(13-16)19-7-8-21-23(19)27(37)35(2)28(34-21)36-11-9-29(10-12-36)15-18-14-20(30)24(31)25(32)22(18)26(29)33/h4-7,13-14,26H,3,8-12,15,33H2,1-2H3/t26-/m1/s1. The van der Waals surface area contributed by atoms with Crippen LogP contribution in [0.2, 0.25) is 0 Å². The molecule has 192 valence electrons. The lowest BCUT2D eigenvalue weighted by Gasteiger charge is -2.42. The second kappa shape index (κ2) is 8.58. The van der Waals surface area contributed by atoms with E-state index in [-0.39, 0.29) is 11.1 Å². The Bertz CT molecular complexity index is 1520. The number of benzene rings is 2. The third-order valence-electron chi connectivity index (χ3n) is 8.60. The van der Waals surface area contributed by atoms with Crippen LogP contribution in [0, 0.1) is 22.9 Å². The highest BCUT2D eigenvalue weighted by Gasteiger charge is 2.48. The second-order valence-electron chi connectivity index (χ2n) is 10.5. The summed E-state index contributed by atoms with van der Waals surface area (Å²) >= 11 is 0. The Hall–Kier alpha value is -3.39. The summed E-state index contributed by atoms with van der Waals surface area (Å²) in [6.45, 7) is 3.23. The molecule has 1 spiro atoms. The van der Waals surface area contributed by atoms with Gasteiger partial charge < -0.3 is 10.6 Å². The van der Waals surface area contributed by atoms with Crippen LogP contribution >= 0.6 is 0 Å². The predicted molar refractivity (Wildman–Crippen MR) is 137 cm³/mol. The first kappa shape index (κ1) is 24.0. The molecule has 8 heteroatoms. The number of hydrogen-bond acceptors (Lipinski definition) is 4. The maximum Gasteiger partial charge on any atom is 0.262 e. The summed E-state index contributed by atoms with van der Waals surface area (Å²) in [4.78, 5) is 20.5. The van der Waals surface area contributed by atoms with Gasteiger partial charge in [0.15, 0.2) is 17.5 Å². The van der Waals surface area contributed by atoms with Gasteiger partial charge in [-0.15, -0.1) is 0 Å². The van der Waals surface area contributed by atoms with E-state index in [0.717, 1.165) is 29.3 Å². The molecule has 3 aromatic rings. The molecular weight excluding hydrogens is 477 g/mol. The topological polar surface area (TPSA) is 64.2 Å². The van der Waals surface area contributed by atoms with Gasteiger partial charge in [-0.25, -0.2) is 18.2 Å². The molecule has 0 radical (unpaired) electrons. The fourth-order valence-electron chi connectivity index (χ4n) is 6.43. The first-order valence-electron chi connectivity index (χ1n) is 12.8. The van der Waals surface area contributed by atoms with Crippen LogP contribution in [0.3, 0.4) is 0 Å². The molecule has 0 unspecified atom stereocenters. The molecule has 2 aromatic carbocycles. The zero-order valence-corrected chi connectivity index (χ0v) is 21.0. The minimum atomic E-state index is -1.46. The molecule has 6 rings (SSSR count). The molecule has 2 heterocycles. The zero-order chi connectivity index (χ0) is 26.1. The monoisotopic (exact) mass is 506 g/mol. The van der Waals surface area contributed by atoms with Crippen LogP contribution in [0.15, 0.2) is 41.2 Å². The largest absolute Gasteiger partial charge is 0.342 e. The van der Waals surface area contributed by atoms with Crippen LogP contribution in [0.1, 0.15) is 59.3 Å². The van der Waals surface area contributed by atoms with Gasteiger partial charge in [0, 0.05) is 38.2 Å². The van der Waals surface area contributed by atoms with Gasteiger partial charge in [0.05, 0.1) is 11.3 Å². The van der Waals surface area contributed by atoms with Gasteiger partial charge in [0.1, 0.15) is 0 Å². The number of anilines is 1. The van der Waals surface area contributed by atoms with E-state index in [1.807, 2.05) is 12.1 Å². The first-order chi connectivity index (χ1) is 17.7. The minimum Gasteiger partial charge on any atom is -0.342 e. The highest BCUT2D eigenvalue weighted by molar-refractivity contribution is 5.84. The lowest BCUT2D eigenvalue weighted by molar-refractivity contribution is 0.184. The SMILES string of the molecule is CCc1cccc(C2=CCc3nc(N4CCC5(CC4)Cc4cc(F)c(F)c(F)c4[C@H]5N)n(C)c(=O)c32)c1. The number of aromatic nitrogens is 2. The maximum absolute atomic E-state index is 14.6. The predicted octanol–water partition coefficient (Wildman–Crippen LogP) is 4.59. The summed E-state index contributed by atoms with van der Waals surface area (Å²) in [6.07, 6.45) is 5.21. The average molecular weight is 507 g/mol. The van der Waals surface area contributed by atoms with Crippen molar-refractivity contribution in [3.05, 3.63) is 97.7 Å². The number of rotatable bonds is 3. The van der Waals surface area contributed by atoms with Crippen molar-refractivity contribution in [2.45, 2.75) is 45.1 Å². The number of aryl methyl sites for hydroxylation is 1. The Labute approximate surface area is 213 Å². The summed E-state index contributed by atoms with van der Waals surface area (Å²) in [5, 5.41) is 0. The van der Waals surface area contributed by atoms with Gasteiger partial charge >= 0.3 is 0 Å². The third-order valence-corrected chi connectivity index (χ3v) is 8.60. The van der Waals surface area contributed by atoms with E-state index < -0.39 is 28.9 Å². The summed E-state index contributed by atoms with van der Waals surface area (Å²) in [7, 11) is 1.74. The molecule has 1 saturated heterocycles. The Morgan fingerprint density at radius 1 is 1.14 bits per heavy atom. The Morgan fingerprint density at radius 2 is 1.89 bits per heavy atom. The van der Waals surface area contributed by atoms with E-state index in [2.05, 4.69) is 30.0 Å². The van der Waals surface area contributed by atoms with E-state index in [4.69, 9.17) is 10.7 Å². The van der Waals surface area contributed by atoms with Crippen molar-refractivity contribution in [3.63, 3.8) is 0 Å². The van der Waals surface area contributed by atoms with Crippen molar-refractivity contribution >= 4 is 11.5 Å². The van der Waals surface area contributed by atoms with Crippen LogP contribution in [0.5, 0.6) is 0 Å². The van der Waals surface area contributed by atoms with Crippen LogP contribution in [0.4, 0.5) is 19.1 Å². The quantitative estimate of drug-likeness (QED) is 0.528. The van der Waals surface area contributed by atoms with Crippen molar-refractivity contribution in [1.82, 2.24) is 9.55 Å². The van der Waals surface area contributed by atoms with Gasteiger partial charge in [0.2, 0.25) is 5.95 Å². The Balaban J connectivity index is 1.27. The number of nitrogens with two attached hydrogens (primary N) is 1. The molecular formula is C29H29F3N4O. The van der Waals surface area contributed by atoms with E-state index in [0.29, 0.717) is 55.8 Å². The normalized spacial score (nSPS) is 19.8. The number of fused-ring (bicyclic) bond motifs is 2. The Kier molecular flexibility index (Phi) is 5.56. The summed E-state index contributed by atoms with van der Waals surface area (Å²) in [5.74, 6) is -3.21. The summed E-state index contributed by atoms with van der Waals surface area (Å²) < 4.78 is 43.9.